The standard InChI is InChI=1S/C20H27N3O6/c1-10-8-23(19(28)22-18(10)27)16-5-12(15(9-24)29-16)21-11(2)17-13(25)6-20(3,4)7-14(17)26/h8,12,15-16,24-25H,5-7,9H2,1-4H3,(H,22,27,28)/t12?,15-,16-/m1/s1. The van der Waals surface area contributed by atoms with E-state index in [1.807, 2.05) is 13.8 Å². The van der Waals surface area contributed by atoms with E-state index >= 15 is 0 Å². The number of carbonyl (C=O) groups excluding carboxylic acids is 1. The Morgan fingerprint density at radius 3 is 2.66 bits per heavy atom. The molecule has 0 radical (unpaired) electrons. The summed E-state index contributed by atoms with van der Waals surface area (Å²) in [7, 11) is 0. The van der Waals surface area contributed by atoms with Gasteiger partial charge in [0.05, 0.1) is 18.2 Å². The number of aryl methyl sites for hydroxylation is 1. The first-order chi connectivity index (χ1) is 13.5. The van der Waals surface area contributed by atoms with Crippen molar-refractivity contribution >= 4 is 11.5 Å². The van der Waals surface area contributed by atoms with E-state index in [1.165, 1.54) is 10.8 Å². The first kappa shape index (κ1) is 21.2. The number of carbonyl (C=O) groups is 1. The molecule has 158 valence electrons. The number of nitrogens with zero attached hydrogens (tertiary/aromatic N) is 2. The van der Waals surface area contributed by atoms with E-state index < -0.39 is 29.6 Å². The van der Waals surface area contributed by atoms with Crippen LogP contribution in [-0.4, -0.2) is 50.0 Å². The van der Waals surface area contributed by atoms with Crippen molar-refractivity contribution < 1.29 is 19.7 Å². The summed E-state index contributed by atoms with van der Waals surface area (Å²) in [4.78, 5) is 43.0. The molecule has 9 nitrogen and oxygen atoms in total. The molecule has 0 bridgehead atoms. The first-order valence-corrected chi connectivity index (χ1v) is 9.61. The Balaban J connectivity index is 1.89. The van der Waals surface area contributed by atoms with Crippen molar-refractivity contribution in [3.05, 3.63) is 43.9 Å². The van der Waals surface area contributed by atoms with Crippen LogP contribution >= 0.6 is 0 Å². The van der Waals surface area contributed by atoms with Crippen molar-refractivity contribution in [2.45, 2.75) is 65.3 Å². The number of aliphatic imine (C=N–C) groups is 1. The summed E-state index contributed by atoms with van der Waals surface area (Å²) in [5, 5.41) is 20.1. The summed E-state index contributed by atoms with van der Waals surface area (Å²) in [5.74, 6) is -0.139. The number of Topliss-reactive ketones (excluding diaryl/α,β-unsaturated/α-hetero) is 1. The Morgan fingerprint density at radius 2 is 2.03 bits per heavy atom. The summed E-state index contributed by atoms with van der Waals surface area (Å²) in [5.41, 5.74) is -0.392. The average Bonchev–Trinajstić information content (AvgIpc) is 2.98. The third-order valence-corrected chi connectivity index (χ3v) is 5.41. The maximum absolute atomic E-state index is 12.5. The molecule has 29 heavy (non-hydrogen) atoms. The summed E-state index contributed by atoms with van der Waals surface area (Å²) < 4.78 is 7.05. The molecule has 0 saturated carbocycles. The Kier molecular flexibility index (Phi) is 5.64. The fourth-order valence-electron chi connectivity index (χ4n) is 4.00. The highest BCUT2D eigenvalue weighted by molar-refractivity contribution is 6.22. The van der Waals surface area contributed by atoms with Gasteiger partial charge >= 0.3 is 5.69 Å². The average molecular weight is 405 g/mol. The van der Waals surface area contributed by atoms with Gasteiger partial charge in [-0.2, -0.15) is 0 Å². The lowest BCUT2D eigenvalue weighted by atomic mass is 9.75. The molecular formula is C20H27N3O6. The lowest BCUT2D eigenvalue weighted by Crippen LogP contribution is -2.33. The number of ether oxygens (including phenoxy) is 1. The molecule has 1 aromatic rings. The van der Waals surface area contributed by atoms with Crippen LogP contribution in [0.5, 0.6) is 0 Å². The summed E-state index contributed by atoms with van der Waals surface area (Å²) in [6, 6.07) is -0.507. The highest BCUT2D eigenvalue weighted by atomic mass is 16.5. The number of aliphatic hydroxyl groups excluding tert-OH is 2. The molecule has 1 fully saturated rings. The maximum Gasteiger partial charge on any atom is 0.330 e. The van der Waals surface area contributed by atoms with Crippen LogP contribution in [0.1, 0.15) is 51.8 Å². The lowest BCUT2D eigenvalue weighted by molar-refractivity contribution is -0.117. The van der Waals surface area contributed by atoms with Crippen molar-refractivity contribution in [1.29, 1.82) is 0 Å². The van der Waals surface area contributed by atoms with Crippen LogP contribution in [0.4, 0.5) is 0 Å². The molecule has 1 aliphatic carbocycles. The largest absolute Gasteiger partial charge is 0.511 e. The van der Waals surface area contributed by atoms with Crippen LogP contribution in [-0.2, 0) is 9.53 Å². The number of aromatic amines is 1. The summed E-state index contributed by atoms with van der Waals surface area (Å²) in [6.45, 7) is 6.76. The van der Waals surface area contributed by atoms with E-state index in [2.05, 4.69) is 9.98 Å². The molecule has 2 aliphatic rings. The monoisotopic (exact) mass is 405 g/mol. The highest BCUT2D eigenvalue weighted by Crippen LogP contribution is 2.37. The number of rotatable bonds is 4. The minimum atomic E-state index is -0.708. The van der Waals surface area contributed by atoms with E-state index in [0.717, 1.165) is 0 Å². The second-order valence-electron chi connectivity index (χ2n) is 8.57. The topological polar surface area (TPSA) is 134 Å². The van der Waals surface area contributed by atoms with Crippen LogP contribution < -0.4 is 11.2 Å². The van der Waals surface area contributed by atoms with Crippen molar-refractivity contribution in [2.24, 2.45) is 10.4 Å². The molecule has 1 aliphatic heterocycles. The zero-order valence-electron chi connectivity index (χ0n) is 17.1. The number of aromatic nitrogens is 2. The lowest BCUT2D eigenvalue weighted by Gasteiger charge is -2.29. The third kappa shape index (κ3) is 4.25. The zero-order chi connectivity index (χ0) is 21.5. The van der Waals surface area contributed by atoms with Gasteiger partial charge in [-0.25, -0.2) is 4.79 Å². The molecule has 0 aromatic carbocycles. The molecule has 0 spiro atoms. The van der Waals surface area contributed by atoms with Gasteiger partial charge < -0.3 is 14.9 Å². The summed E-state index contributed by atoms with van der Waals surface area (Å²) >= 11 is 0. The van der Waals surface area contributed by atoms with Gasteiger partial charge in [0, 0.05) is 36.7 Å². The Bertz CT molecular complexity index is 1000. The number of ketones is 1. The molecule has 1 unspecified atom stereocenters. The predicted octanol–water partition coefficient (Wildman–Crippen LogP) is 1.16. The van der Waals surface area contributed by atoms with Crippen LogP contribution in [0.3, 0.4) is 0 Å². The van der Waals surface area contributed by atoms with Crippen molar-refractivity contribution in [1.82, 2.24) is 9.55 Å². The number of H-pyrrole nitrogens is 1. The van der Waals surface area contributed by atoms with Gasteiger partial charge in [-0.05, 0) is 19.3 Å². The van der Waals surface area contributed by atoms with Gasteiger partial charge in [-0.15, -0.1) is 0 Å². The van der Waals surface area contributed by atoms with E-state index in [4.69, 9.17) is 4.74 Å². The second kappa shape index (κ2) is 7.72. The van der Waals surface area contributed by atoms with Gasteiger partial charge in [0.2, 0.25) is 0 Å². The van der Waals surface area contributed by atoms with Gasteiger partial charge in [0.1, 0.15) is 18.1 Å². The van der Waals surface area contributed by atoms with Crippen LogP contribution in [0.15, 0.2) is 32.1 Å². The van der Waals surface area contributed by atoms with Gasteiger partial charge in [-0.1, -0.05) is 13.8 Å². The smallest absolute Gasteiger partial charge is 0.330 e. The molecule has 3 N–H and O–H groups in total. The molecule has 1 saturated heterocycles. The summed E-state index contributed by atoms with van der Waals surface area (Å²) in [6.07, 6.45) is 1.02. The Hall–Kier alpha value is -2.52. The van der Waals surface area contributed by atoms with E-state index in [-0.39, 0.29) is 35.6 Å². The second-order valence-corrected chi connectivity index (χ2v) is 8.57. The van der Waals surface area contributed by atoms with Gasteiger partial charge in [-0.3, -0.25) is 24.1 Å². The zero-order valence-corrected chi connectivity index (χ0v) is 17.1. The van der Waals surface area contributed by atoms with E-state index in [0.29, 0.717) is 24.1 Å². The quantitative estimate of drug-likeness (QED) is 0.644. The van der Waals surface area contributed by atoms with Crippen LogP contribution in [0, 0.1) is 12.3 Å². The van der Waals surface area contributed by atoms with Gasteiger partial charge in [0.15, 0.2) is 5.78 Å². The SMILES string of the molecule is CC(=NC1C[C@H](n2cc(C)c(=O)[nH]c2=O)O[C@@H]1CO)C1=C(O)CC(C)(C)CC1=O. The molecular weight excluding hydrogens is 378 g/mol. The molecule has 3 rings (SSSR count). The highest BCUT2D eigenvalue weighted by Gasteiger charge is 2.38. The van der Waals surface area contributed by atoms with Crippen molar-refractivity contribution in [3.8, 4) is 0 Å². The molecule has 0 amide bonds. The Labute approximate surface area is 167 Å². The molecule has 3 atom stereocenters. The fraction of sp³-hybridized carbons (Fsp3) is 0.600. The van der Waals surface area contributed by atoms with E-state index in [9.17, 15) is 24.6 Å². The van der Waals surface area contributed by atoms with Crippen LogP contribution in [0.2, 0.25) is 0 Å². The van der Waals surface area contributed by atoms with Crippen molar-refractivity contribution in [2.75, 3.05) is 6.61 Å². The number of allylic oxidation sites excluding steroid dienone is 2. The van der Waals surface area contributed by atoms with Gasteiger partial charge in [0.25, 0.3) is 5.56 Å². The van der Waals surface area contributed by atoms with Crippen molar-refractivity contribution in [3.63, 3.8) is 0 Å². The van der Waals surface area contributed by atoms with Crippen LogP contribution in [0.25, 0.3) is 0 Å². The fourth-order valence-corrected chi connectivity index (χ4v) is 4.00. The predicted molar refractivity (Wildman–Crippen MR) is 106 cm³/mol. The molecule has 9 heteroatoms. The normalized spacial score (nSPS) is 27.6. The first-order valence-electron chi connectivity index (χ1n) is 9.61. The van der Waals surface area contributed by atoms with E-state index in [1.54, 1.807) is 13.8 Å². The minimum absolute atomic E-state index is 0.0241. The number of nitrogens with one attached hydrogen (secondary N) is 1. The molecule has 1 aromatic heterocycles. The Morgan fingerprint density at radius 1 is 1.34 bits per heavy atom. The third-order valence-electron chi connectivity index (χ3n) is 5.41. The number of aliphatic hydroxyl groups is 2. The number of hydrogen-bond acceptors (Lipinski definition) is 7. The number of hydrogen-bond donors (Lipinski definition) is 3. The maximum atomic E-state index is 12.5. The minimum Gasteiger partial charge on any atom is -0.511 e. The molecule has 2 heterocycles.